The van der Waals surface area contributed by atoms with E-state index in [2.05, 4.69) is 0 Å². The van der Waals surface area contributed by atoms with E-state index in [9.17, 15) is 19.2 Å². The van der Waals surface area contributed by atoms with E-state index in [0.29, 0.717) is 0 Å². The molecule has 14 heavy (non-hydrogen) atoms. The lowest BCUT2D eigenvalue weighted by Gasteiger charge is -1.92. The maximum atomic E-state index is 9.95. The molecule has 0 radical (unpaired) electrons. The van der Waals surface area contributed by atoms with Crippen molar-refractivity contribution < 1.29 is 10.2 Å². The molecule has 0 amide bonds. The number of aromatic hydroxyl groups is 2. The molecule has 0 fully saturated rings. The molecule has 0 aliphatic carbocycles. The highest BCUT2D eigenvalue weighted by Gasteiger charge is 2.17. The van der Waals surface area contributed by atoms with Crippen LogP contribution >= 0.6 is 0 Å². The average Bonchev–Trinajstić information content (AvgIpc) is 2.24. The minimum atomic E-state index is -1.01. The summed E-state index contributed by atoms with van der Waals surface area (Å²) in [5.74, 6) is -1.65. The lowest BCUT2D eigenvalue weighted by molar-refractivity contribution is 0.384. The van der Waals surface area contributed by atoms with Crippen LogP contribution < -0.4 is 21.7 Å². The average molecular weight is 196 g/mol. The van der Waals surface area contributed by atoms with E-state index >= 15 is 0 Å². The number of rotatable bonds is 0. The summed E-state index contributed by atoms with van der Waals surface area (Å²) >= 11 is 0. The van der Waals surface area contributed by atoms with Gasteiger partial charge in [0.15, 0.2) is 0 Å². The molecule has 6 nitrogen and oxygen atoms in total. The van der Waals surface area contributed by atoms with Gasteiger partial charge in [0.25, 0.3) is 10.9 Å². The van der Waals surface area contributed by atoms with Crippen LogP contribution in [0.15, 0.2) is 31.3 Å². The van der Waals surface area contributed by atoms with Gasteiger partial charge in [0.05, 0.1) is 0 Å². The summed E-state index contributed by atoms with van der Waals surface area (Å²) in [6, 6.07) is 2.50. The Bertz CT molecular complexity index is 538. The van der Waals surface area contributed by atoms with Gasteiger partial charge in [-0.3, -0.25) is 19.2 Å². The van der Waals surface area contributed by atoms with Gasteiger partial charge >= 0.3 is 0 Å². The van der Waals surface area contributed by atoms with E-state index in [1.807, 2.05) is 0 Å². The molecule has 0 spiro atoms. The fourth-order valence-corrected chi connectivity index (χ4v) is 0.587. The Hall–Kier alpha value is -2.24. The molecule has 2 aromatic carbocycles. The van der Waals surface area contributed by atoms with Crippen molar-refractivity contribution >= 4 is 0 Å². The molecule has 0 saturated heterocycles. The molecule has 0 aliphatic rings. The molecule has 0 saturated carbocycles. The van der Waals surface area contributed by atoms with E-state index in [0.717, 1.165) is 0 Å². The first-order chi connectivity index (χ1) is 6.45. The molecular weight excluding hydrogens is 192 g/mol. The number of hydrogen-bond acceptors (Lipinski definition) is 6. The van der Waals surface area contributed by atoms with Crippen molar-refractivity contribution in [1.82, 2.24) is 0 Å². The van der Waals surface area contributed by atoms with Gasteiger partial charge in [-0.15, -0.1) is 0 Å². The normalized spacial score (nSPS) is 9.71. The third-order valence-electron chi connectivity index (χ3n) is 1.49. The third-order valence-corrected chi connectivity index (χ3v) is 1.49. The number of hydrogen-bond donors (Lipinski definition) is 2. The summed E-state index contributed by atoms with van der Waals surface area (Å²) < 4.78 is 0. The van der Waals surface area contributed by atoms with E-state index < -0.39 is 22.4 Å². The Morgan fingerprint density at radius 3 is 1.07 bits per heavy atom. The van der Waals surface area contributed by atoms with Gasteiger partial charge < -0.3 is 10.2 Å². The topological polar surface area (TPSA) is 109 Å². The Balaban J connectivity index is 0.000000146. The Kier molecular flexibility index (Phi) is 2.29. The van der Waals surface area contributed by atoms with Crippen molar-refractivity contribution in [3.05, 3.63) is 53.0 Å². The predicted octanol–water partition coefficient (Wildman–Crippen LogP) is -2.02. The predicted molar refractivity (Wildman–Crippen MR) is 46.0 cm³/mol. The zero-order chi connectivity index (χ0) is 10.9. The minimum absolute atomic E-state index is 0.380. The van der Waals surface area contributed by atoms with Crippen molar-refractivity contribution in [2.45, 2.75) is 0 Å². The first-order valence-corrected chi connectivity index (χ1v) is 3.42. The van der Waals surface area contributed by atoms with Crippen molar-refractivity contribution in [1.29, 1.82) is 0 Å². The van der Waals surface area contributed by atoms with Crippen molar-refractivity contribution in [3.63, 3.8) is 0 Å². The Morgan fingerprint density at radius 2 is 1.00 bits per heavy atom. The van der Waals surface area contributed by atoms with E-state index in [1.54, 1.807) is 0 Å². The van der Waals surface area contributed by atoms with Crippen molar-refractivity contribution in [2.24, 2.45) is 0 Å². The molecule has 0 aliphatic heterocycles. The van der Waals surface area contributed by atoms with Crippen molar-refractivity contribution in [2.75, 3.05) is 0 Å². The molecule has 6 heteroatoms. The van der Waals surface area contributed by atoms with Crippen LogP contribution in [-0.4, -0.2) is 10.2 Å². The monoisotopic (exact) mass is 196 g/mol. The standard InChI is InChI=1S/C4H2O4.C4H2O2/c5-1-2(6)4(8)3(1)7;5-3-1-2-4(3)6/h5-6H;1-2H. The second kappa shape index (κ2) is 3.25. The Morgan fingerprint density at radius 1 is 0.714 bits per heavy atom. The van der Waals surface area contributed by atoms with E-state index in [1.165, 1.54) is 12.1 Å². The van der Waals surface area contributed by atoms with Crippen LogP contribution in [0.2, 0.25) is 0 Å². The highest BCUT2D eigenvalue weighted by molar-refractivity contribution is 5.42. The summed E-state index contributed by atoms with van der Waals surface area (Å²) in [5, 5.41) is 16.4. The zero-order valence-electron chi connectivity index (χ0n) is 6.68. The maximum absolute atomic E-state index is 9.95. The highest BCUT2D eigenvalue weighted by Crippen LogP contribution is 2.13. The van der Waals surface area contributed by atoms with Crippen LogP contribution in [0, 0.1) is 0 Å². The minimum Gasteiger partial charge on any atom is -0.501 e. The van der Waals surface area contributed by atoms with Crippen LogP contribution in [0.4, 0.5) is 0 Å². The summed E-state index contributed by atoms with van der Waals surface area (Å²) in [7, 11) is 0. The SMILES string of the molecule is O=c1c(O)c(O)c1=O.O=c1ccc1=O. The van der Waals surface area contributed by atoms with Gasteiger partial charge in [0.1, 0.15) is 0 Å². The lowest BCUT2D eigenvalue weighted by Crippen LogP contribution is -2.28. The smallest absolute Gasteiger partial charge is 0.275 e. The van der Waals surface area contributed by atoms with Crippen LogP contribution in [0.25, 0.3) is 0 Å². The fourth-order valence-electron chi connectivity index (χ4n) is 0.587. The molecule has 0 bridgehead atoms. The van der Waals surface area contributed by atoms with Crippen LogP contribution in [0.1, 0.15) is 0 Å². The van der Waals surface area contributed by atoms with Crippen LogP contribution in [0.3, 0.4) is 0 Å². The van der Waals surface area contributed by atoms with Gasteiger partial charge in [-0.1, -0.05) is 0 Å². The van der Waals surface area contributed by atoms with Gasteiger partial charge in [0, 0.05) is 0 Å². The van der Waals surface area contributed by atoms with Crippen LogP contribution in [0.5, 0.6) is 11.5 Å². The molecule has 0 aromatic heterocycles. The molecule has 0 unspecified atom stereocenters. The van der Waals surface area contributed by atoms with Crippen LogP contribution in [-0.2, 0) is 0 Å². The first-order valence-electron chi connectivity index (χ1n) is 3.42. The molecule has 0 heterocycles. The largest absolute Gasteiger partial charge is 0.501 e. The fraction of sp³-hybridized carbons (Fsp3) is 0. The van der Waals surface area contributed by atoms with Gasteiger partial charge in [0.2, 0.25) is 22.4 Å². The quantitative estimate of drug-likeness (QED) is 0.470. The van der Waals surface area contributed by atoms with E-state index in [-0.39, 0.29) is 10.9 Å². The molecule has 0 atom stereocenters. The second-order valence-electron chi connectivity index (χ2n) is 2.42. The first kappa shape index (κ1) is 9.85. The zero-order valence-corrected chi connectivity index (χ0v) is 6.68. The molecular formula is C8H4O6. The Labute approximate surface area is 75.7 Å². The highest BCUT2D eigenvalue weighted by atomic mass is 16.3. The van der Waals surface area contributed by atoms with Gasteiger partial charge in [-0.2, -0.15) is 0 Å². The van der Waals surface area contributed by atoms with Gasteiger partial charge in [-0.25, -0.2) is 0 Å². The molecule has 2 rings (SSSR count). The third kappa shape index (κ3) is 1.45. The summed E-state index contributed by atoms with van der Waals surface area (Å²) in [6.45, 7) is 0. The molecule has 2 N–H and O–H groups in total. The second-order valence-corrected chi connectivity index (χ2v) is 2.42. The molecule has 72 valence electrons. The van der Waals surface area contributed by atoms with E-state index in [4.69, 9.17) is 10.2 Å². The summed E-state index contributed by atoms with van der Waals surface area (Å²) in [4.78, 5) is 39.5. The maximum Gasteiger partial charge on any atom is 0.275 e. The van der Waals surface area contributed by atoms with Gasteiger partial charge in [-0.05, 0) is 12.1 Å². The summed E-state index contributed by atoms with van der Waals surface area (Å²) in [5.41, 5.74) is -2.78. The van der Waals surface area contributed by atoms with Crippen molar-refractivity contribution in [3.8, 4) is 11.5 Å². The molecule has 2 aromatic rings. The summed E-state index contributed by atoms with van der Waals surface area (Å²) in [6.07, 6.45) is 0. The lowest BCUT2D eigenvalue weighted by atomic mass is 10.2.